The predicted octanol–water partition coefficient (Wildman–Crippen LogP) is 3.44. The quantitative estimate of drug-likeness (QED) is 0.379. The summed E-state index contributed by atoms with van der Waals surface area (Å²) < 4.78 is 40.3. The summed E-state index contributed by atoms with van der Waals surface area (Å²) >= 11 is 0. The zero-order valence-corrected chi connectivity index (χ0v) is 21.8. The number of amides is 2. The van der Waals surface area contributed by atoms with Crippen LogP contribution in [-0.4, -0.2) is 44.8 Å². The molecule has 2 amide bonds. The van der Waals surface area contributed by atoms with Gasteiger partial charge in [0.05, 0.1) is 4.90 Å². The van der Waals surface area contributed by atoms with Gasteiger partial charge >= 0.3 is 0 Å². The molecule has 0 radical (unpaired) electrons. The minimum atomic E-state index is -3.56. The smallest absolute Gasteiger partial charge is 0.242 e. The second-order valence-electron chi connectivity index (χ2n) is 8.61. The van der Waals surface area contributed by atoms with Gasteiger partial charge < -0.3 is 10.2 Å². The first-order valence-corrected chi connectivity index (χ1v) is 13.6. The first kappa shape index (κ1) is 28.0. The highest BCUT2D eigenvalue weighted by atomic mass is 32.2. The lowest BCUT2D eigenvalue weighted by Gasteiger charge is -2.31. The maximum atomic E-state index is 13.5. The standard InChI is InChI=1S/C28H32FN3O4S/c1-3-31-37(35,36)25-16-11-21(12-17-25)13-18-27(33)32(20-23-9-14-24(29)15-10-23)26(28(34)30-2)19-22-7-5-4-6-8-22/h4-12,14-17,26,31H,3,13,18-20H2,1-2H3,(H,30,34)/t26-/m1/s1. The fourth-order valence-electron chi connectivity index (χ4n) is 4.01. The number of rotatable bonds is 12. The Bertz CT molecular complexity index is 1280. The normalized spacial score (nSPS) is 12.1. The third kappa shape index (κ3) is 7.96. The van der Waals surface area contributed by atoms with Crippen molar-refractivity contribution in [3.8, 4) is 0 Å². The summed E-state index contributed by atoms with van der Waals surface area (Å²) in [4.78, 5) is 28.1. The number of benzene rings is 3. The number of hydrogen-bond acceptors (Lipinski definition) is 4. The number of sulfonamides is 1. The Morgan fingerprint density at radius 3 is 2.11 bits per heavy atom. The lowest BCUT2D eigenvalue weighted by molar-refractivity contribution is -0.141. The van der Waals surface area contributed by atoms with Crippen molar-refractivity contribution in [1.82, 2.24) is 14.9 Å². The molecule has 2 N–H and O–H groups in total. The molecule has 1 atom stereocenters. The van der Waals surface area contributed by atoms with Gasteiger partial charge in [0, 0.05) is 33.0 Å². The van der Waals surface area contributed by atoms with E-state index in [0.29, 0.717) is 18.4 Å². The van der Waals surface area contributed by atoms with E-state index >= 15 is 0 Å². The van der Waals surface area contributed by atoms with Crippen molar-refractivity contribution >= 4 is 21.8 Å². The van der Waals surface area contributed by atoms with Crippen LogP contribution in [0.25, 0.3) is 0 Å². The van der Waals surface area contributed by atoms with Crippen LogP contribution in [0.5, 0.6) is 0 Å². The Morgan fingerprint density at radius 1 is 0.892 bits per heavy atom. The molecule has 0 saturated heterocycles. The molecule has 0 bridgehead atoms. The maximum Gasteiger partial charge on any atom is 0.242 e. The van der Waals surface area contributed by atoms with E-state index in [1.165, 1.54) is 36.2 Å². The van der Waals surface area contributed by atoms with Gasteiger partial charge in [0.2, 0.25) is 21.8 Å². The van der Waals surface area contributed by atoms with Crippen LogP contribution < -0.4 is 10.0 Å². The number of nitrogens with zero attached hydrogens (tertiary/aromatic N) is 1. The minimum absolute atomic E-state index is 0.114. The van der Waals surface area contributed by atoms with Crippen LogP contribution in [0.4, 0.5) is 4.39 Å². The van der Waals surface area contributed by atoms with Gasteiger partial charge in [-0.2, -0.15) is 0 Å². The Balaban J connectivity index is 1.82. The molecule has 0 unspecified atom stereocenters. The van der Waals surface area contributed by atoms with E-state index in [9.17, 15) is 22.4 Å². The summed E-state index contributed by atoms with van der Waals surface area (Å²) in [5, 5.41) is 2.66. The van der Waals surface area contributed by atoms with E-state index in [0.717, 1.165) is 11.1 Å². The van der Waals surface area contributed by atoms with Gasteiger partial charge in [0.15, 0.2) is 0 Å². The van der Waals surface area contributed by atoms with Crippen molar-refractivity contribution in [2.45, 2.75) is 43.7 Å². The molecule has 0 saturated carbocycles. The van der Waals surface area contributed by atoms with Crippen LogP contribution in [0, 0.1) is 5.82 Å². The lowest BCUT2D eigenvalue weighted by Crippen LogP contribution is -2.49. The third-order valence-electron chi connectivity index (χ3n) is 5.98. The fraction of sp³-hybridized carbons (Fsp3) is 0.286. The third-order valence-corrected chi connectivity index (χ3v) is 7.54. The van der Waals surface area contributed by atoms with Crippen molar-refractivity contribution < 1.29 is 22.4 Å². The van der Waals surface area contributed by atoms with Crippen molar-refractivity contribution in [3.05, 3.63) is 101 Å². The van der Waals surface area contributed by atoms with Crippen molar-refractivity contribution in [1.29, 1.82) is 0 Å². The Hall–Kier alpha value is -3.56. The number of likely N-dealkylation sites (N-methyl/N-ethyl adjacent to an activating group) is 1. The number of carbonyl (C=O) groups is 2. The maximum absolute atomic E-state index is 13.5. The SMILES string of the molecule is CCNS(=O)(=O)c1ccc(CCC(=O)N(Cc2ccc(F)cc2)[C@H](Cc2ccccc2)C(=O)NC)cc1. The average Bonchev–Trinajstić information content (AvgIpc) is 2.90. The predicted molar refractivity (Wildman–Crippen MR) is 141 cm³/mol. The molecule has 3 aromatic rings. The number of hydrogen-bond donors (Lipinski definition) is 2. The summed E-state index contributed by atoms with van der Waals surface area (Å²) in [5.41, 5.74) is 2.41. The topological polar surface area (TPSA) is 95.6 Å². The van der Waals surface area contributed by atoms with Gasteiger partial charge in [-0.25, -0.2) is 17.5 Å². The van der Waals surface area contributed by atoms with E-state index in [2.05, 4.69) is 10.0 Å². The van der Waals surface area contributed by atoms with Crippen LogP contribution in [-0.2, 0) is 39.0 Å². The van der Waals surface area contributed by atoms with Gasteiger partial charge in [-0.1, -0.05) is 61.5 Å². The van der Waals surface area contributed by atoms with Gasteiger partial charge in [-0.05, 0) is 47.4 Å². The van der Waals surface area contributed by atoms with Crippen molar-refractivity contribution in [2.75, 3.05) is 13.6 Å². The highest BCUT2D eigenvalue weighted by molar-refractivity contribution is 7.89. The van der Waals surface area contributed by atoms with Gasteiger partial charge in [-0.15, -0.1) is 0 Å². The second-order valence-corrected chi connectivity index (χ2v) is 10.4. The number of carbonyl (C=O) groups excluding carboxylic acids is 2. The molecular weight excluding hydrogens is 493 g/mol. The van der Waals surface area contributed by atoms with Gasteiger partial charge in [0.1, 0.15) is 11.9 Å². The second kappa shape index (κ2) is 13.1. The van der Waals surface area contributed by atoms with Crippen molar-refractivity contribution in [2.24, 2.45) is 0 Å². The molecule has 0 fully saturated rings. The summed E-state index contributed by atoms with van der Waals surface area (Å²) in [5.74, 6) is -0.913. The summed E-state index contributed by atoms with van der Waals surface area (Å²) in [6.07, 6.45) is 0.805. The van der Waals surface area contributed by atoms with E-state index in [1.54, 1.807) is 31.2 Å². The molecule has 196 valence electrons. The first-order chi connectivity index (χ1) is 17.7. The van der Waals surface area contributed by atoms with Gasteiger partial charge in [-0.3, -0.25) is 9.59 Å². The van der Waals surface area contributed by atoms with Crippen LogP contribution in [0.2, 0.25) is 0 Å². The van der Waals surface area contributed by atoms with E-state index in [-0.39, 0.29) is 42.0 Å². The van der Waals surface area contributed by atoms with Gasteiger partial charge in [0.25, 0.3) is 0 Å². The largest absolute Gasteiger partial charge is 0.357 e. The van der Waals surface area contributed by atoms with Crippen LogP contribution in [0.3, 0.4) is 0 Å². The fourth-order valence-corrected chi connectivity index (χ4v) is 5.05. The molecular formula is C28H32FN3O4S. The van der Waals surface area contributed by atoms with Crippen LogP contribution in [0.15, 0.2) is 83.8 Å². The number of aryl methyl sites for hydroxylation is 1. The molecule has 0 spiro atoms. The Labute approximate surface area is 217 Å². The molecule has 37 heavy (non-hydrogen) atoms. The zero-order valence-electron chi connectivity index (χ0n) is 21.0. The highest BCUT2D eigenvalue weighted by Gasteiger charge is 2.29. The Morgan fingerprint density at radius 2 is 1.51 bits per heavy atom. The van der Waals surface area contributed by atoms with Crippen LogP contribution in [0.1, 0.15) is 30.0 Å². The molecule has 0 aliphatic heterocycles. The summed E-state index contributed by atoms with van der Waals surface area (Å²) in [7, 11) is -2.03. The lowest BCUT2D eigenvalue weighted by atomic mass is 10.0. The van der Waals surface area contributed by atoms with Crippen molar-refractivity contribution in [3.63, 3.8) is 0 Å². The molecule has 0 aliphatic rings. The molecule has 0 aliphatic carbocycles. The molecule has 9 heteroatoms. The molecule has 0 aromatic heterocycles. The first-order valence-electron chi connectivity index (χ1n) is 12.1. The molecule has 0 heterocycles. The van der Waals surface area contributed by atoms with Crippen LogP contribution >= 0.6 is 0 Å². The molecule has 7 nitrogen and oxygen atoms in total. The van der Waals surface area contributed by atoms with E-state index < -0.39 is 16.1 Å². The zero-order chi connectivity index (χ0) is 26.8. The minimum Gasteiger partial charge on any atom is -0.357 e. The Kier molecular flexibility index (Phi) is 9.93. The average molecular weight is 526 g/mol. The highest BCUT2D eigenvalue weighted by Crippen LogP contribution is 2.18. The summed E-state index contributed by atoms with van der Waals surface area (Å²) in [6.45, 7) is 2.14. The van der Waals surface area contributed by atoms with E-state index in [4.69, 9.17) is 0 Å². The molecule has 3 aromatic carbocycles. The monoisotopic (exact) mass is 525 g/mol. The van der Waals surface area contributed by atoms with E-state index in [1.807, 2.05) is 30.3 Å². The molecule has 3 rings (SSSR count). The number of halogens is 1. The number of nitrogens with one attached hydrogen (secondary N) is 2. The summed E-state index contributed by atoms with van der Waals surface area (Å²) in [6, 6.07) is 20.9.